The lowest BCUT2D eigenvalue weighted by Crippen LogP contribution is -2.31. The molecular weight excluding hydrogens is 649 g/mol. The Labute approximate surface area is 275 Å². The molecule has 13 nitrogen and oxygen atoms in total. The van der Waals surface area contributed by atoms with E-state index < -0.39 is 19.7 Å². The number of rotatable bonds is 19. The van der Waals surface area contributed by atoms with Gasteiger partial charge < -0.3 is 35.6 Å². The average Bonchev–Trinajstić information content (AvgIpc) is 3.48. The molecule has 0 aliphatic rings. The third-order valence-corrected chi connectivity index (χ3v) is 10.2. The zero-order valence-corrected chi connectivity index (χ0v) is 27.7. The van der Waals surface area contributed by atoms with Crippen LogP contribution in [0.3, 0.4) is 0 Å². The fourth-order valence-electron chi connectivity index (χ4n) is 4.27. The van der Waals surface area contributed by atoms with Crippen LogP contribution < -0.4 is 17.2 Å². The molecule has 246 valence electrons. The molecule has 4 aromatic rings. The van der Waals surface area contributed by atoms with E-state index in [1.807, 2.05) is 60.7 Å². The molecule has 0 amide bonds. The quantitative estimate of drug-likeness (QED) is 0.0958. The lowest BCUT2D eigenvalue weighted by molar-refractivity contribution is -0.112. The summed E-state index contributed by atoms with van der Waals surface area (Å²) in [5, 5.41) is -0.392. The Morgan fingerprint density at radius 2 is 1.35 bits per heavy atom. The van der Waals surface area contributed by atoms with Gasteiger partial charge in [0.05, 0.1) is 38.2 Å². The summed E-state index contributed by atoms with van der Waals surface area (Å²) >= 11 is 2.02. The molecule has 0 aliphatic carbocycles. The van der Waals surface area contributed by atoms with Gasteiger partial charge in [-0.25, -0.2) is 15.0 Å². The normalized spacial score (nSPS) is 13.1. The van der Waals surface area contributed by atoms with Gasteiger partial charge in [0, 0.05) is 18.1 Å². The lowest BCUT2D eigenvalue weighted by Gasteiger charge is -2.19. The maximum Gasteiger partial charge on any atom is 0.356 e. The number of hydrogen-bond acceptors (Lipinski definition) is 14. The van der Waals surface area contributed by atoms with Gasteiger partial charge in [-0.15, -0.1) is 0 Å². The Morgan fingerprint density at radius 1 is 0.804 bits per heavy atom. The predicted molar refractivity (Wildman–Crippen MR) is 181 cm³/mol. The molecule has 4 rings (SSSR count). The van der Waals surface area contributed by atoms with Gasteiger partial charge in [-0.1, -0.05) is 84.2 Å². The molecular formula is C30H38N7O6PS2. The van der Waals surface area contributed by atoms with E-state index in [1.165, 1.54) is 6.33 Å². The molecule has 0 fully saturated rings. The third-order valence-electron chi connectivity index (χ3n) is 6.59. The number of carbonyl (C=O) groups excluding carboxylic acids is 2. The number of hydrogen-bond donors (Lipinski definition) is 3. The highest BCUT2D eigenvalue weighted by atomic mass is 32.2. The summed E-state index contributed by atoms with van der Waals surface area (Å²) in [5.41, 5.74) is 21.0. The molecule has 2 heterocycles. The molecule has 0 bridgehead atoms. The van der Waals surface area contributed by atoms with Crippen LogP contribution in [0.1, 0.15) is 11.1 Å². The van der Waals surface area contributed by atoms with E-state index in [-0.39, 0.29) is 53.7 Å². The van der Waals surface area contributed by atoms with E-state index >= 15 is 0 Å². The lowest BCUT2D eigenvalue weighted by atomic mass is 10.1. The Balaban J connectivity index is 1.25. The van der Waals surface area contributed by atoms with Crippen molar-refractivity contribution >= 4 is 58.3 Å². The first-order valence-electron chi connectivity index (χ1n) is 14.5. The monoisotopic (exact) mass is 687 g/mol. The maximum atomic E-state index is 13.6. The zero-order valence-electron chi connectivity index (χ0n) is 25.2. The van der Waals surface area contributed by atoms with Gasteiger partial charge in [0.1, 0.15) is 18.2 Å². The summed E-state index contributed by atoms with van der Waals surface area (Å²) < 4.78 is 32.3. The SMILES string of the molecule is Nc1ncnc2c1ncn2CCOCP(=O)(OCCSC(=O)[C@@H](N)Cc1ccccc1)OCCSC(=O)[C@@H](N)Cc1ccccc1. The number of aromatic nitrogens is 4. The van der Waals surface area contributed by atoms with Gasteiger partial charge >= 0.3 is 7.60 Å². The minimum absolute atomic E-state index is 0.0362. The van der Waals surface area contributed by atoms with E-state index in [9.17, 15) is 14.2 Å². The molecule has 0 spiro atoms. The van der Waals surface area contributed by atoms with E-state index in [0.717, 1.165) is 34.7 Å². The van der Waals surface area contributed by atoms with Crippen molar-refractivity contribution in [3.63, 3.8) is 0 Å². The summed E-state index contributed by atoms with van der Waals surface area (Å²) in [7, 11) is -3.76. The van der Waals surface area contributed by atoms with Crippen LogP contribution in [-0.4, -0.2) is 79.5 Å². The molecule has 0 saturated carbocycles. The van der Waals surface area contributed by atoms with Gasteiger partial charge in [-0.05, 0) is 24.0 Å². The number of benzene rings is 2. The van der Waals surface area contributed by atoms with Gasteiger partial charge in [0.25, 0.3) is 0 Å². The Kier molecular flexibility index (Phi) is 14.2. The largest absolute Gasteiger partial charge is 0.382 e. The minimum atomic E-state index is -3.76. The summed E-state index contributed by atoms with van der Waals surface area (Å²) in [5.74, 6) is 0.710. The Bertz CT molecular complexity index is 1530. The first kappa shape index (κ1) is 35.7. The van der Waals surface area contributed by atoms with E-state index in [2.05, 4.69) is 15.0 Å². The maximum absolute atomic E-state index is 13.6. The minimum Gasteiger partial charge on any atom is -0.382 e. The number of anilines is 1. The van der Waals surface area contributed by atoms with Crippen LogP contribution in [0.5, 0.6) is 0 Å². The van der Waals surface area contributed by atoms with E-state index in [0.29, 0.717) is 30.6 Å². The molecule has 46 heavy (non-hydrogen) atoms. The van der Waals surface area contributed by atoms with Crippen LogP contribution >= 0.6 is 31.1 Å². The van der Waals surface area contributed by atoms with Gasteiger partial charge in [0.15, 0.2) is 11.5 Å². The molecule has 2 atom stereocenters. The zero-order chi connectivity index (χ0) is 32.8. The molecule has 2 aromatic carbocycles. The van der Waals surface area contributed by atoms with Gasteiger partial charge in [-0.2, -0.15) is 0 Å². The summed E-state index contributed by atoms with van der Waals surface area (Å²) in [6.07, 6.45) is 3.41. The Morgan fingerprint density at radius 3 is 1.89 bits per heavy atom. The van der Waals surface area contributed by atoms with Crippen LogP contribution in [-0.2, 0) is 47.3 Å². The number of fused-ring (bicyclic) bond motifs is 1. The van der Waals surface area contributed by atoms with Gasteiger partial charge in [-0.3, -0.25) is 14.2 Å². The van der Waals surface area contributed by atoms with Crippen molar-refractivity contribution in [2.75, 3.05) is 43.4 Å². The van der Waals surface area contributed by atoms with E-state index in [1.54, 1.807) is 10.9 Å². The standard InChI is InChI=1S/C30H38N7O6PS2/c31-24(17-22-7-3-1-4-8-22)29(38)45-15-13-42-44(40,21-41-12-11-37-20-36-26-27(33)34-19-35-28(26)37)43-14-16-46-30(39)25(32)18-23-9-5-2-6-10-23/h1-10,19-20,24-25H,11-18,21,31-32H2,(H2,33,34,35)/t24-,25-/m0/s1. The van der Waals surface area contributed by atoms with Crippen molar-refractivity contribution in [3.8, 4) is 0 Å². The smallest absolute Gasteiger partial charge is 0.356 e. The number of carbonyl (C=O) groups is 2. The highest BCUT2D eigenvalue weighted by molar-refractivity contribution is 8.14. The van der Waals surface area contributed by atoms with Crippen molar-refractivity contribution < 1.29 is 27.9 Å². The number of imidazole rings is 1. The number of nitrogen functional groups attached to an aromatic ring is 1. The van der Waals surface area contributed by atoms with Crippen molar-refractivity contribution in [2.45, 2.75) is 31.5 Å². The molecule has 16 heteroatoms. The molecule has 6 N–H and O–H groups in total. The first-order valence-corrected chi connectivity index (χ1v) is 18.2. The fourth-order valence-corrected chi connectivity index (χ4v) is 7.16. The van der Waals surface area contributed by atoms with Crippen molar-refractivity contribution in [1.29, 1.82) is 0 Å². The van der Waals surface area contributed by atoms with Gasteiger partial charge in [0.2, 0.25) is 10.2 Å². The Hall–Kier alpha value is -3.14. The van der Waals surface area contributed by atoms with Crippen LogP contribution in [0.4, 0.5) is 5.82 Å². The second-order valence-corrected chi connectivity index (χ2v) is 14.3. The molecule has 2 aromatic heterocycles. The number of nitrogens with two attached hydrogens (primary N) is 3. The van der Waals surface area contributed by atoms with Crippen molar-refractivity contribution in [3.05, 3.63) is 84.4 Å². The topological polar surface area (TPSA) is 201 Å². The molecule has 0 radical (unpaired) electrons. The average molecular weight is 688 g/mol. The number of nitrogens with zero attached hydrogens (tertiary/aromatic N) is 4. The second-order valence-electron chi connectivity index (χ2n) is 10.1. The summed E-state index contributed by atoms with van der Waals surface area (Å²) in [6.45, 7) is 0.423. The molecule has 0 aliphatic heterocycles. The van der Waals surface area contributed by atoms with Crippen LogP contribution in [0.2, 0.25) is 0 Å². The summed E-state index contributed by atoms with van der Waals surface area (Å²) in [4.78, 5) is 37.4. The van der Waals surface area contributed by atoms with Crippen molar-refractivity contribution in [1.82, 2.24) is 19.5 Å². The molecule has 0 saturated heterocycles. The van der Waals surface area contributed by atoms with Crippen LogP contribution in [0.15, 0.2) is 73.3 Å². The van der Waals surface area contributed by atoms with Crippen LogP contribution in [0, 0.1) is 0 Å². The number of thioether (sulfide) groups is 2. The molecule has 0 unspecified atom stereocenters. The third kappa shape index (κ3) is 11.3. The number of ether oxygens (including phenoxy) is 1. The highest BCUT2D eigenvalue weighted by Gasteiger charge is 2.26. The van der Waals surface area contributed by atoms with E-state index in [4.69, 9.17) is 31.0 Å². The van der Waals surface area contributed by atoms with Crippen molar-refractivity contribution in [2.24, 2.45) is 11.5 Å². The fraction of sp³-hybridized carbons (Fsp3) is 0.367. The van der Waals surface area contributed by atoms with Crippen LogP contribution in [0.25, 0.3) is 11.2 Å². The summed E-state index contributed by atoms with van der Waals surface area (Å²) in [6, 6.07) is 17.7. The predicted octanol–water partition coefficient (Wildman–Crippen LogP) is 3.27. The first-order chi connectivity index (χ1) is 22.2. The highest BCUT2D eigenvalue weighted by Crippen LogP contribution is 2.48. The second kappa shape index (κ2) is 18.3.